The van der Waals surface area contributed by atoms with Crippen LogP contribution < -0.4 is 5.73 Å². The minimum Gasteiger partial charge on any atom is -0.450 e. The molecule has 0 spiro atoms. The van der Waals surface area contributed by atoms with E-state index in [1.807, 2.05) is 0 Å². The number of primary amides is 1. The number of carbonyl (C=O) groups is 1. The molecule has 2 N–H and O–H groups in total. The van der Waals surface area contributed by atoms with E-state index in [0.29, 0.717) is 17.7 Å². The molecule has 0 aliphatic carbocycles. The zero-order chi connectivity index (χ0) is 22.1. The van der Waals surface area contributed by atoms with Gasteiger partial charge in [0.1, 0.15) is 22.5 Å². The van der Waals surface area contributed by atoms with Crippen molar-refractivity contribution in [3.05, 3.63) is 41.4 Å². The number of aromatic nitrogens is 2. The average Bonchev–Trinajstić information content (AvgIpc) is 2.99. The minimum absolute atomic E-state index is 0.156. The number of aryl methyl sites for hydroxylation is 1. The Kier molecular flexibility index (Phi) is 9.62. The molecule has 2 aromatic rings. The predicted molar refractivity (Wildman–Crippen MR) is 115 cm³/mol. The highest BCUT2D eigenvalue weighted by Crippen LogP contribution is 2.36. The molecule has 166 valence electrons. The fourth-order valence-electron chi connectivity index (χ4n) is 3.21. The van der Waals surface area contributed by atoms with Crippen LogP contribution in [-0.4, -0.2) is 22.3 Å². The second-order valence-electron chi connectivity index (χ2n) is 7.56. The van der Waals surface area contributed by atoms with Crippen molar-refractivity contribution in [2.24, 2.45) is 5.73 Å². The van der Waals surface area contributed by atoms with Gasteiger partial charge in [0.15, 0.2) is 0 Å². The largest absolute Gasteiger partial charge is 0.450 e. The molecule has 1 amide bonds. The first-order valence-corrected chi connectivity index (χ1v) is 11.3. The van der Waals surface area contributed by atoms with Crippen LogP contribution in [0.2, 0.25) is 0 Å². The summed E-state index contributed by atoms with van der Waals surface area (Å²) in [6.07, 6.45) is 4.84. The second-order valence-corrected chi connectivity index (χ2v) is 8.63. The number of hydrogen-bond acceptors (Lipinski definition) is 4. The van der Waals surface area contributed by atoms with Gasteiger partial charge in [-0.3, -0.25) is 0 Å². The van der Waals surface area contributed by atoms with E-state index in [2.05, 4.69) is 25.3 Å². The Bertz CT molecular complexity index is 820. The van der Waals surface area contributed by atoms with Crippen molar-refractivity contribution in [3.8, 4) is 0 Å². The number of ether oxygens (including phenoxy) is 1. The number of nitrogens with zero attached hydrogens (tertiary/aromatic N) is 2. The summed E-state index contributed by atoms with van der Waals surface area (Å²) in [5.41, 5.74) is 5.94. The highest BCUT2D eigenvalue weighted by Gasteiger charge is 2.21. The summed E-state index contributed by atoms with van der Waals surface area (Å²) in [5, 5.41) is 0.914. The molecule has 0 atom stereocenters. The minimum atomic E-state index is -0.787. The van der Waals surface area contributed by atoms with Gasteiger partial charge in [0.2, 0.25) is 0 Å². The number of imidazole rings is 1. The zero-order valence-electron chi connectivity index (χ0n) is 17.9. The second kappa shape index (κ2) is 11.9. The highest BCUT2D eigenvalue weighted by molar-refractivity contribution is 7.99. The van der Waals surface area contributed by atoms with Crippen molar-refractivity contribution >= 4 is 17.9 Å². The van der Waals surface area contributed by atoms with Crippen LogP contribution >= 0.6 is 11.8 Å². The van der Waals surface area contributed by atoms with Gasteiger partial charge in [-0.05, 0) is 30.9 Å². The van der Waals surface area contributed by atoms with Crippen LogP contribution in [0.25, 0.3) is 0 Å². The lowest BCUT2D eigenvalue weighted by Crippen LogP contribution is -2.14. The molecule has 0 saturated carbocycles. The third kappa shape index (κ3) is 7.31. The number of carbonyl (C=O) groups excluding carboxylic acids is 1. The summed E-state index contributed by atoms with van der Waals surface area (Å²) in [7, 11) is 0. The van der Waals surface area contributed by atoms with E-state index in [1.54, 1.807) is 0 Å². The molecular weight excluding hydrogens is 408 g/mol. The molecule has 0 unspecified atom stereocenters. The van der Waals surface area contributed by atoms with Crippen LogP contribution in [0.3, 0.4) is 0 Å². The number of amides is 1. The third-order valence-corrected chi connectivity index (χ3v) is 5.74. The Labute approximate surface area is 181 Å². The van der Waals surface area contributed by atoms with Crippen LogP contribution in [0.4, 0.5) is 13.6 Å². The van der Waals surface area contributed by atoms with E-state index in [1.165, 1.54) is 23.9 Å². The molecular formula is C22H31F2N3O2S. The van der Waals surface area contributed by atoms with Gasteiger partial charge in [-0.15, -0.1) is 0 Å². The average molecular weight is 440 g/mol. The molecule has 1 aromatic carbocycles. The quantitative estimate of drug-likeness (QED) is 0.409. The molecule has 0 aliphatic rings. The molecule has 1 aromatic heterocycles. The lowest BCUT2D eigenvalue weighted by molar-refractivity contribution is 0.155. The first-order valence-electron chi connectivity index (χ1n) is 10.5. The standard InChI is InChI=1S/C22H31F2N3O2S/c1-4-5-6-7-10-27-19(9-8-11-29-22(25)28)26-20(15(2)3)21(27)30-18-13-16(23)12-17(24)14-18/h12-15H,4-11H2,1-3H3,(H2,25,28). The van der Waals surface area contributed by atoms with Crippen LogP contribution in [0.15, 0.2) is 28.1 Å². The lowest BCUT2D eigenvalue weighted by atomic mass is 10.1. The Morgan fingerprint density at radius 2 is 1.87 bits per heavy atom. The molecule has 8 heteroatoms. The van der Waals surface area contributed by atoms with E-state index < -0.39 is 17.7 Å². The molecule has 0 bridgehead atoms. The van der Waals surface area contributed by atoms with E-state index in [4.69, 9.17) is 15.5 Å². The Morgan fingerprint density at radius 1 is 1.17 bits per heavy atom. The van der Waals surface area contributed by atoms with Crippen LogP contribution in [0.5, 0.6) is 0 Å². The number of halogens is 2. The summed E-state index contributed by atoms with van der Waals surface area (Å²) < 4.78 is 34.4. The van der Waals surface area contributed by atoms with Crippen molar-refractivity contribution in [1.82, 2.24) is 9.55 Å². The summed E-state index contributed by atoms with van der Waals surface area (Å²) in [5.74, 6) is -0.145. The third-order valence-electron chi connectivity index (χ3n) is 4.65. The predicted octanol–water partition coefficient (Wildman–Crippen LogP) is 6.04. The molecule has 0 saturated heterocycles. The monoisotopic (exact) mass is 439 g/mol. The fourth-order valence-corrected chi connectivity index (χ4v) is 4.47. The van der Waals surface area contributed by atoms with Crippen LogP contribution in [0.1, 0.15) is 70.3 Å². The number of hydrogen-bond donors (Lipinski definition) is 1. The number of benzene rings is 1. The fraction of sp³-hybridized carbons (Fsp3) is 0.545. The normalized spacial score (nSPS) is 11.3. The van der Waals surface area contributed by atoms with E-state index in [9.17, 15) is 13.6 Å². The van der Waals surface area contributed by atoms with Crippen molar-refractivity contribution < 1.29 is 18.3 Å². The molecule has 0 radical (unpaired) electrons. The van der Waals surface area contributed by atoms with Gasteiger partial charge in [0.05, 0.1) is 12.3 Å². The maximum Gasteiger partial charge on any atom is 0.404 e. The first-order chi connectivity index (χ1) is 14.3. The Morgan fingerprint density at radius 3 is 2.47 bits per heavy atom. The molecule has 0 fully saturated rings. The van der Waals surface area contributed by atoms with E-state index >= 15 is 0 Å². The summed E-state index contributed by atoms with van der Waals surface area (Å²) in [4.78, 5) is 16.2. The Balaban J connectivity index is 2.32. The van der Waals surface area contributed by atoms with E-state index in [0.717, 1.165) is 54.8 Å². The van der Waals surface area contributed by atoms with Gasteiger partial charge in [0.25, 0.3) is 0 Å². The lowest BCUT2D eigenvalue weighted by Gasteiger charge is -2.14. The van der Waals surface area contributed by atoms with Gasteiger partial charge in [-0.1, -0.05) is 51.8 Å². The molecule has 0 aliphatic heterocycles. The SMILES string of the molecule is CCCCCCn1c(CCCOC(N)=O)nc(C(C)C)c1Sc1cc(F)cc(F)c1. The summed E-state index contributed by atoms with van der Waals surface area (Å²) >= 11 is 1.34. The molecule has 5 nitrogen and oxygen atoms in total. The van der Waals surface area contributed by atoms with Crippen molar-refractivity contribution in [3.63, 3.8) is 0 Å². The van der Waals surface area contributed by atoms with Gasteiger partial charge in [-0.25, -0.2) is 18.6 Å². The van der Waals surface area contributed by atoms with Crippen LogP contribution in [-0.2, 0) is 17.7 Å². The number of unbranched alkanes of at least 4 members (excludes halogenated alkanes) is 3. The Hall–Kier alpha value is -2.09. The van der Waals surface area contributed by atoms with E-state index in [-0.39, 0.29) is 12.5 Å². The van der Waals surface area contributed by atoms with Crippen molar-refractivity contribution in [1.29, 1.82) is 0 Å². The van der Waals surface area contributed by atoms with Crippen molar-refractivity contribution in [2.45, 2.75) is 81.7 Å². The topological polar surface area (TPSA) is 70.1 Å². The summed E-state index contributed by atoms with van der Waals surface area (Å²) in [6, 6.07) is 3.55. The first kappa shape index (κ1) is 24.2. The van der Waals surface area contributed by atoms with Gasteiger partial charge < -0.3 is 15.0 Å². The highest BCUT2D eigenvalue weighted by atomic mass is 32.2. The number of rotatable bonds is 12. The number of nitrogens with two attached hydrogens (primary N) is 1. The smallest absolute Gasteiger partial charge is 0.404 e. The summed E-state index contributed by atoms with van der Waals surface area (Å²) in [6.45, 7) is 7.29. The molecule has 30 heavy (non-hydrogen) atoms. The van der Waals surface area contributed by atoms with Gasteiger partial charge >= 0.3 is 6.09 Å². The maximum absolute atomic E-state index is 13.7. The molecule has 2 rings (SSSR count). The van der Waals surface area contributed by atoms with Gasteiger partial charge in [-0.2, -0.15) is 0 Å². The molecule has 1 heterocycles. The van der Waals surface area contributed by atoms with Gasteiger partial charge in [0, 0.05) is 23.9 Å². The van der Waals surface area contributed by atoms with Crippen LogP contribution in [0, 0.1) is 11.6 Å². The zero-order valence-corrected chi connectivity index (χ0v) is 18.7. The maximum atomic E-state index is 13.7. The van der Waals surface area contributed by atoms with Crippen molar-refractivity contribution in [2.75, 3.05) is 6.61 Å².